The zero-order chi connectivity index (χ0) is 45.9. The van der Waals surface area contributed by atoms with Crippen molar-refractivity contribution in [1.29, 1.82) is 0 Å². The number of para-hydroxylation sites is 2. The molecule has 0 radical (unpaired) electrons. The topological polar surface area (TPSA) is 48.5 Å². The number of nitrogens with zero attached hydrogens (tertiary/aromatic N) is 5. The summed E-state index contributed by atoms with van der Waals surface area (Å²) in [6.07, 6.45) is 0. The van der Waals surface area contributed by atoms with Gasteiger partial charge in [-0.05, 0) is 103 Å². The van der Waals surface area contributed by atoms with E-state index >= 15 is 0 Å². The predicted molar refractivity (Wildman–Crippen MR) is 292 cm³/mol. The number of fused-ring (bicyclic) bond motifs is 13. The van der Waals surface area contributed by atoms with Crippen LogP contribution in [-0.2, 0) is 0 Å². The van der Waals surface area contributed by atoms with Gasteiger partial charge in [-0.3, -0.25) is 0 Å². The number of hydrogen-bond donors (Lipinski definition) is 0. The summed E-state index contributed by atoms with van der Waals surface area (Å²) >= 11 is 0. The molecule has 3 heterocycles. The number of rotatable bonds is 5. The lowest BCUT2D eigenvalue weighted by molar-refractivity contribution is 1.08. The fourth-order valence-electron chi connectivity index (χ4n) is 11.3. The Bertz CT molecular complexity index is 4660. The maximum absolute atomic E-state index is 5.44. The maximum Gasteiger partial charge on any atom is 0.164 e. The summed E-state index contributed by atoms with van der Waals surface area (Å²) < 4.78 is 4.87. The third kappa shape index (κ3) is 5.82. The monoisotopic (exact) mass is 889 g/mol. The lowest BCUT2D eigenvalue weighted by atomic mass is 9.96. The highest BCUT2D eigenvalue weighted by Gasteiger charge is 2.21. The summed E-state index contributed by atoms with van der Waals surface area (Å²) in [6, 6.07) is 85.3. The van der Waals surface area contributed by atoms with E-state index in [1.807, 2.05) is 18.2 Å². The van der Waals surface area contributed by atoms with E-state index < -0.39 is 0 Å². The molecule has 5 heteroatoms. The summed E-state index contributed by atoms with van der Waals surface area (Å²) in [7, 11) is 0. The van der Waals surface area contributed by atoms with E-state index in [9.17, 15) is 0 Å². The molecule has 0 fully saturated rings. The van der Waals surface area contributed by atoms with E-state index in [1.54, 1.807) is 0 Å². The summed E-state index contributed by atoms with van der Waals surface area (Å²) in [5.74, 6) is 1.89. The Morgan fingerprint density at radius 3 is 1.56 bits per heavy atom. The van der Waals surface area contributed by atoms with Gasteiger partial charge >= 0.3 is 0 Å². The summed E-state index contributed by atoms with van der Waals surface area (Å²) in [6.45, 7) is 0. The molecule has 0 atom stereocenters. The van der Waals surface area contributed by atoms with Gasteiger partial charge in [-0.2, -0.15) is 0 Å². The molecule has 0 aliphatic carbocycles. The summed E-state index contributed by atoms with van der Waals surface area (Å²) in [5, 5.41) is 16.5. The normalized spacial score (nSPS) is 12.0. The first-order chi connectivity index (χ1) is 34.7. The molecule has 0 aliphatic rings. The molecule has 0 saturated heterocycles. The van der Waals surface area contributed by atoms with Crippen molar-refractivity contribution in [3.63, 3.8) is 0 Å². The van der Waals surface area contributed by atoms with Crippen LogP contribution in [0.4, 0.5) is 0 Å². The average Bonchev–Trinajstić information content (AvgIpc) is 3.94. The minimum Gasteiger partial charge on any atom is -0.309 e. The van der Waals surface area contributed by atoms with E-state index in [4.69, 9.17) is 15.0 Å². The first kappa shape index (κ1) is 38.6. The zero-order valence-electron chi connectivity index (χ0n) is 37.8. The molecule has 5 nitrogen and oxygen atoms in total. The van der Waals surface area contributed by atoms with Crippen LogP contribution in [0.5, 0.6) is 0 Å². The van der Waals surface area contributed by atoms with Crippen LogP contribution >= 0.6 is 0 Å². The van der Waals surface area contributed by atoms with Crippen molar-refractivity contribution in [1.82, 2.24) is 24.1 Å². The van der Waals surface area contributed by atoms with Crippen molar-refractivity contribution in [2.75, 3.05) is 0 Å². The SMILES string of the molecule is c1ccc(-c2nc(-c3cc(-n4c5ccccc5c5cc6cc(-n7c8ccccc8c8ccc9ccccc9c87)ccc6cc54)cc4ccccc34)nc(-c3cc4ccccc4c4ccccc34)n2)cc1. The van der Waals surface area contributed by atoms with Gasteiger partial charge in [0.15, 0.2) is 17.5 Å². The van der Waals surface area contributed by atoms with Gasteiger partial charge in [0.25, 0.3) is 0 Å². The standard InChI is InChI=1S/C65H39N5/c1-2-17-41(18-3-1)63-66-64(57-36-44-20-6-7-21-48(44)51-24-10-11-25-52(51)57)68-65(67-63)58-39-47(34-43-19-5-8-22-49(43)58)69-59-28-14-13-27-54(59)56-37-45-35-46(32-30-42(45)38-61(56)69)70-60-29-15-12-26-53(60)55-33-31-40-16-4-9-23-50(40)62(55)70/h1-39H. The van der Waals surface area contributed by atoms with Crippen molar-refractivity contribution in [2.45, 2.75) is 0 Å². The molecule has 0 unspecified atom stereocenters. The second kappa shape index (κ2) is 15.0. The number of aromatic nitrogens is 5. The van der Waals surface area contributed by atoms with Crippen LogP contribution in [0.1, 0.15) is 0 Å². The molecule has 324 valence electrons. The van der Waals surface area contributed by atoms with Gasteiger partial charge in [0.1, 0.15) is 0 Å². The maximum atomic E-state index is 5.44. The second-order valence-corrected chi connectivity index (χ2v) is 18.4. The lowest BCUT2D eigenvalue weighted by Gasteiger charge is -2.15. The molecule has 0 N–H and O–H groups in total. The van der Waals surface area contributed by atoms with Gasteiger partial charge in [-0.1, -0.05) is 182 Å². The van der Waals surface area contributed by atoms with E-state index in [1.165, 1.54) is 64.9 Å². The average molecular weight is 890 g/mol. The van der Waals surface area contributed by atoms with Crippen LogP contribution < -0.4 is 0 Å². The summed E-state index contributed by atoms with van der Waals surface area (Å²) in [4.78, 5) is 16.0. The van der Waals surface area contributed by atoms with Crippen LogP contribution in [0.25, 0.3) is 143 Å². The van der Waals surface area contributed by atoms with Crippen LogP contribution in [0.2, 0.25) is 0 Å². The molecule has 0 saturated carbocycles. The van der Waals surface area contributed by atoms with Gasteiger partial charge < -0.3 is 9.13 Å². The smallest absolute Gasteiger partial charge is 0.164 e. The molecule has 0 aliphatic heterocycles. The Morgan fingerprint density at radius 2 is 0.786 bits per heavy atom. The highest BCUT2D eigenvalue weighted by Crippen LogP contribution is 2.42. The summed E-state index contributed by atoms with van der Waals surface area (Å²) in [5.41, 5.74) is 9.71. The fourth-order valence-corrected chi connectivity index (χ4v) is 11.3. The largest absolute Gasteiger partial charge is 0.309 e. The first-order valence-electron chi connectivity index (χ1n) is 23.8. The third-order valence-electron chi connectivity index (χ3n) is 14.5. The lowest BCUT2D eigenvalue weighted by Crippen LogP contribution is -2.02. The Balaban J connectivity index is 0.956. The molecular weight excluding hydrogens is 851 g/mol. The molecule has 3 aromatic heterocycles. The Hall–Kier alpha value is -9.45. The van der Waals surface area contributed by atoms with Crippen LogP contribution in [0.15, 0.2) is 237 Å². The van der Waals surface area contributed by atoms with E-state index in [2.05, 4.69) is 228 Å². The van der Waals surface area contributed by atoms with Gasteiger partial charge in [0.05, 0.1) is 22.1 Å². The van der Waals surface area contributed by atoms with Gasteiger partial charge in [0, 0.05) is 55.0 Å². The van der Waals surface area contributed by atoms with Crippen molar-refractivity contribution >= 4 is 97.5 Å². The Kier molecular flexibility index (Phi) is 8.29. The Labute approximate surface area is 401 Å². The highest BCUT2D eigenvalue weighted by molar-refractivity contribution is 6.19. The molecule has 0 spiro atoms. The highest BCUT2D eigenvalue weighted by atomic mass is 15.0. The van der Waals surface area contributed by atoms with E-state index in [0.717, 1.165) is 60.6 Å². The Morgan fingerprint density at radius 1 is 0.243 bits per heavy atom. The first-order valence-corrected chi connectivity index (χ1v) is 23.8. The third-order valence-corrected chi connectivity index (χ3v) is 14.5. The quantitative estimate of drug-likeness (QED) is 0.162. The van der Waals surface area contributed by atoms with Crippen LogP contribution in [-0.4, -0.2) is 24.1 Å². The molecular formula is C65H39N5. The minimum atomic E-state index is 0.621. The minimum absolute atomic E-state index is 0.621. The molecule has 0 bridgehead atoms. The molecule has 15 aromatic rings. The molecule has 0 amide bonds. The van der Waals surface area contributed by atoms with Crippen molar-refractivity contribution in [2.24, 2.45) is 0 Å². The zero-order valence-corrected chi connectivity index (χ0v) is 37.8. The molecule has 12 aromatic carbocycles. The van der Waals surface area contributed by atoms with Crippen LogP contribution in [0, 0.1) is 0 Å². The number of benzene rings is 12. The van der Waals surface area contributed by atoms with Crippen LogP contribution in [0.3, 0.4) is 0 Å². The fraction of sp³-hybridized carbons (Fsp3) is 0. The van der Waals surface area contributed by atoms with Crippen molar-refractivity contribution in [3.8, 4) is 45.5 Å². The van der Waals surface area contributed by atoms with Crippen molar-refractivity contribution < 1.29 is 0 Å². The van der Waals surface area contributed by atoms with Gasteiger partial charge in [-0.15, -0.1) is 0 Å². The van der Waals surface area contributed by atoms with E-state index in [0.29, 0.717) is 17.5 Å². The van der Waals surface area contributed by atoms with Gasteiger partial charge in [0.2, 0.25) is 0 Å². The van der Waals surface area contributed by atoms with Gasteiger partial charge in [-0.25, -0.2) is 15.0 Å². The predicted octanol–water partition coefficient (Wildman–Crippen LogP) is 16.8. The van der Waals surface area contributed by atoms with Crippen molar-refractivity contribution in [3.05, 3.63) is 237 Å². The number of hydrogen-bond acceptors (Lipinski definition) is 3. The van der Waals surface area contributed by atoms with E-state index in [-0.39, 0.29) is 0 Å². The molecule has 15 rings (SSSR count). The second-order valence-electron chi connectivity index (χ2n) is 18.4. The molecule has 70 heavy (non-hydrogen) atoms.